The summed E-state index contributed by atoms with van der Waals surface area (Å²) in [5.74, 6) is -1.50. The molecule has 1 amide bonds. The highest BCUT2D eigenvalue weighted by molar-refractivity contribution is 5.79. The standard InChI is InChI=1S/C31H39NO5/c1-4-6-8-9-19-29(27(30(33)34)14-7-5-2)36-20-22(3)32-31(35)37-21-28-25-17-12-10-15-23(25)24-16-11-13-18-26(24)28/h4-5,10-13,15-18,22,27-29H,1-2,6-9,14,19-21H2,3H3,(H,32,35)(H,33,34)/t22-,27-,29-/m1/s1. The molecule has 6 heteroatoms. The number of fused-ring (bicyclic) bond motifs is 3. The molecule has 0 bridgehead atoms. The van der Waals surface area contributed by atoms with Crippen molar-refractivity contribution in [2.45, 2.75) is 63.5 Å². The number of rotatable bonds is 16. The summed E-state index contributed by atoms with van der Waals surface area (Å²) in [7, 11) is 0. The smallest absolute Gasteiger partial charge is 0.407 e. The van der Waals surface area contributed by atoms with Crippen molar-refractivity contribution < 1.29 is 24.2 Å². The number of amides is 1. The van der Waals surface area contributed by atoms with E-state index in [9.17, 15) is 14.7 Å². The van der Waals surface area contributed by atoms with Crippen LogP contribution >= 0.6 is 0 Å². The van der Waals surface area contributed by atoms with Gasteiger partial charge in [-0.15, -0.1) is 13.2 Å². The van der Waals surface area contributed by atoms with Gasteiger partial charge in [0.05, 0.1) is 24.7 Å². The zero-order valence-electron chi connectivity index (χ0n) is 21.7. The Labute approximate surface area is 220 Å². The van der Waals surface area contributed by atoms with Gasteiger partial charge in [-0.25, -0.2) is 4.79 Å². The molecule has 37 heavy (non-hydrogen) atoms. The van der Waals surface area contributed by atoms with Crippen molar-refractivity contribution >= 4 is 12.1 Å². The van der Waals surface area contributed by atoms with Crippen LogP contribution in [-0.2, 0) is 14.3 Å². The topological polar surface area (TPSA) is 84.9 Å². The Hall–Kier alpha value is -3.38. The molecule has 0 heterocycles. The molecule has 0 spiro atoms. The zero-order valence-corrected chi connectivity index (χ0v) is 21.7. The summed E-state index contributed by atoms with van der Waals surface area (Å²) in [5.41, 5.74) is 4.67. The average molecular weight is 506 g/mol. The number of ether oxygens (including phenoxy) is 2. The summed E-state index contributed by atoms with van der Waals surface area (Å²) in [6, 6.07) is 16.1. The van der Waals surface area contributed by atoms with Crippen LogP contribution in [0.4, 0.5) is 4.79 Å². The first-order chi connectivity index (χ1) is 18.0. The van der Waals surface area contributed by atoms with E-state index in [-0.39, 0.29) is 25.2 Å². The van der Waals surface area contributed by atoms with Gasteiger partial charge >= 0.3 is 12.1 Å². The molecule has 0 unspecified atom stereocenters. The van der Waals surface area contributed by atoms with Gasteiger partial charge in [-0.05, 0) is 61.3 Å². The second-order valence-electron chi connectivity index (χ2n) is 9.63. The molecule has 0 saturated heterocycles. The third-order valence-corrected chi connectivity index (χ3v) is 6.86. The molecular weight excluding hydrogens is 466 g/mol. The second kappa shape index (κ2) is 14.4. The summed E-state index contributed by atoms with van der Waals surface area (Å²) in [5, 5.41) is 12.6. The van der Waals surface area contributed by atoms with Crippen molar-refractivity contribution in [2.24, 2.45) is 5.92 Å². The highest BCUT2D eigenvalue weighted by Crippen LogP contribution is 2.44. The molecular formula is C31H39NO5. The lowest BCUT2D eigenvalue weighted by molar-refractivity contribution is -0.148. The molecule has 0 aliphatic heterocycles. The van der Waals surface area contributed by atoms with Crippen molar-refractivity contribution in [1.82, 2.24) is 5.32 Å². The Balaban J connectivity index is 1.53. The first-order valence-electron chi connectivity index (χ1n) is 13.1. The number of benzene rings is 2. The number of unbranched alkanes of at least 4 members (excludes halogenated alkanes) is 2. The summed E-state index contributed by atoms with van der Waals surface area (Å²) in [4.78, 5) is 24.5. The van der Waals surface area contributed by atoms with Crippen LogP contribution in [0.5, 0.6) is 0 Å². The maximum Gasteiger partial charge on any atom is 0.407 e. The van der Waals surface area contributed by atoms with E-state index < -0.39 is 24.1 Å². The molecule has 0 fully saturated rings. The Morgan fingerprint density at radius 3 is 2.19 bits per heavy atom. The summed E-state index contributed by atoms with van der Waals surface area (Å²) >= 11 is 0. The van der Waals surface area contributed by atoms with Gasteiger partial charge in [-0.1, -0.05) is 67.1 Å². The van der Waals surface area contributed by atoms with Crippen LogP contribution in [-0.4, -0.2) is 42.5 Å². The van der Waals surface area contributed by atoms with Crippen LogP contribution in [0.1, 0.15) is 62.5 Å². The van der Waals surface area contributed by atoms with Crippen molar-refractivity contribution in [3.8, 4) is 11.1 Å². The van der Waals surface area contributed by atoms with E-state index in [1.807, 2.05) is 37.3 Å². The Bertz CT molecular complexity index is 1020. The highest BCUT2D eigenvalue weighted by atomic mass is 16.5. The van der Waals surface area contributed by atoms with Crippen LogP contribution in [0, 0.1) is 5.92 Å². The van der Waals surface area contributed by atoms with E-state index in [2.05, 4.69) is 42.7 Å². The van der Waals surface area contributed by atoms with E-state index in [1.54, 1.807) is 6.08 Å². The first-order valence-corrected chi connectivity index (χ1v) is 13.1. The average Bonchev–Trinajstić information content (AvgIpc) is 3.21. The van der Waals surface area contributed by atoms with E-state index >= 15 is 0 Å². The number of nitrogens with one attached hydrogen (secondary N) is 1. The molecule has 2 aromatic rings. The van der Waals surface area contributed by atoms with E-state index in [0.717, 1.165) is 30.4 Å². The minimum atomic E-state index is -0.868. The molecule has 3 atom stereocenters. The predicted octanol–water partition coefficient (Wildman–Crippen LogP) is 6.71. The fourth-order valence-electron chi connectivity index (χ4n) is 4.95. The molecule has 0 radical (unpaired) electrons. The normalized spacial score (nSPS) is 14.6. The third-order valence-electron chi connectivity index (χ3n) is 6.86. The first kappa shape index (κ1) is 28.2. The quantitative estimate of drug-likeness (QED) is 0.196. The molecule has 3 rings (SSSR count). The maximum atomic E-state index is 12.6. The van der Waals surface area contributed by atoms with Gasteiger partial charge in [-0.2, -0.15) is 0 Å². The molecule has 198 valence electrons. The number of hydrogen-bond acceptors (Lipinski definition) is 4. The lowest BCUT2D eigenvalue weighted by Crippen LogP contribution is -2.40. The zero-order chi connectivity index (χ0) is 26.6. The number of carboxylic acid groups (broad SMARTS) is 1. The van der Waals surface area contributed by atoms with Gasteiger partial charge < -0.3 is 19.9 Å². The van der Waals surface area contributed by atoms with Gasteiger partial charge in [-0.3, -0.25) is 4.79 Å². The Morgan fingerprint density at radius 1 is 0.973 bits per heavy atom. The Kier molecular flexibility index (Phi) is 11.0. The number of carbonyl (C=O) groups excluding carboxylic acids is 1. The fraction of sp³-hybridized carbons (Fsp3) is 0.419. The lowest BCUT2D eigenvalue weighted by Gasteiger charge is -2.26. The molecule has 1 aliphatic rings. The van der Waals surface area contributed by atoms with Crippen LogP contribution in [0.3, 0.4) is 0 Å². The molecule has 2 N–H and O–H groups in total. The van der Waals surface area contributed by atoms with Gasteiger partial charge in [0.1, 0.15) is 6.61 Å². The number of aliphatic carboxylic acids is 1. The highest BCUT2D eigenvalue weighted by Gasteiger charge is 2.30. The van der Waals surface area contributed by atoms with Crippen molar-refractivity contribution in [3.05, 3.63) is 85.0 Å². The SMILES string of the molecule is C=CCCCC[C@@H](OC[C@@H](C)NC(=O)OCC1c2ccccc2-c2ccccc21)[C@@H](CCC=C)C(=O)O. The lowest BCUT2D eigenvalue weighted by atomic mass is 9.92. The number of carboxylic acids is 1. The number of carbonyl (C=O) groups is 2. The molecule has 0 aromatic heterocycles. The second-order valence-corrected chi connectivity index (χ2v) is 9.63. The number of allylic oxidation sites excluding steroid dienone is 2. The van der Waals surface area contributed by atoms with Gasteiger partial charge in [0, 0.05) is 5.92 Å². The monoisotopic (exact) mass is 505 g/mol. The fourth-order valence-corrected chi connectivity index (χ4v) is 4.95. The van der Waals surface area contributed by atoms with Crippen LogP contribution in [0.15, 0.2) is 73.8 Å². The molecule has 0 saturated carbocycles. The van der Waals surface area contributed by atoms with Crippen LogP contribution in [0.2, 0.25) is 0 Å². The minimum Gasteiger partial charge on any atom is -0.481 e. The Morgan fingerprint density at radius 2 is 1.59 bits per heavy atom. The summed E-state index contributed by atoms with van der Waals surface area (Å²) in [6.07, 6.45) is 7.03. The van der Waals surface area contributed by atoms with Crippen molar-refractivity contribution in [2.75, 3.05) is 13.2 Å². The largest absolute Gasteiger partial charge is 0.481 e. The van der Waals surface area contributed by atoms with Crippen LogP contribution < -0.4 is 5.32 Å². The van der Waals surface area contributed by atoms with Gasteiger partial charge in [0.25, 0.3) is 0 Å². The minimum absolute atomic E-state index is 0.00848. The third kappa shape index (κ3) is 7.80. The molecule has 6 nitrogen and oxygen atoms in total. The van der Waals surface area contributed by atoms with Crippen molar-refractivity contribution in [3.63, 3.8) is 0 Å². The molecule has 1 aliphatic carbocycles. The van der Waals surface area contributed by atoms with Gasteiger partial charge in [0.2, 0.25) is 0 Å². The van der Waals surface area contributed by atoms with E-state index in [4.69, 9.17) is 9.47 Å². The van der Waals surface area contributed by atoms with E-state index in [0.29, 0.717) is 19.3 Å². The van der Waals surface area contributed by atoms with E-state index in [1.165, 1.54) is 11.1 Å². The maximum absolute atomic E-state index is 12.6. The predicted molar refractivity (Wildman–Crippen MR) is 147 cm³/mol. The van der Waals surface area contributed by atoms with Crippen LogP contribution in [0.25, 0.3) is 11.1 Å². The number of alkyl carbamates (subject to hydrolysis) is 1. The number of hydrogen-bond donors (Lipinski definition) is 2. The summed E-state index contributed by atoms with van der Waals surface area (Å²) < 4.78 is 11.7. The van der Waals surface area contributed by atoms with Crippen molar-refractivity contribution in [1.29, 1.82) is 0 Å². The summed E-state index contributed by atoms with van der Waals surface area (Å²) in [6.45, 7) is 9.72. The molecule has 2 aromatic carbocycles. The van der Waals surface area contributed by atoms with Gasteiger partial charge in [0.15, 0.2) is 0 Å².